The number of rotatable bonds is 5. The standard InChI is InChI=1S/C20H18N6O/c1-15-6-8-18(9-7-15)26-14-19(23-24-26)20(27)22-17-5-2-4-16(12-17)13-25-11-3-10-21-25/h2-12,14H,13H2,1H3,(H,22,27). The summed E-state index contributed by atoms with van der Waals surface area (Å²) in [6.45, 7) is 2.66. The van der Waals surface area contributed by atoms with E-state index in [2.05, 4.69) is 20.7 Å². The van der Waals surface area contributed by atoms with Crippen LogP contribution in [0.5, 0.6) is 0 Å². The molecule has 27 heavy (non-hydrogen) atoms. The second-order valence-corrected chi connectivity index (χ2v) is 6.24. The molecule has 4 rings (SSSR count). The predicted molar refractivity (Wildman–Crippen MR) is 102 cm³/mol. The van der Waals surface area contributed by atoms with Crippen LogP contribution in [-0.4, -0.2) is 30.7 Å². The highest BCUT2D eigenvalue weighted by atomic mass is 16.2. The second-order valence-electron chi connectivity index (χ2n) is 6.24. The van der Waals surface area contributed by atoms with Gasteiger partial charge in [0, 0.05) is 18.1 Å². The molecule has 0 aliphatic heterocycles. The molecule has 1 amide bonds. The molecule has 7 nitrogen and oxygen atoms in total. The fraction of sp³-hybridized carbons (Fsp3) is 0.100. The summed E-state index contributed by atoms with van der Waals surface area (Å²) in [5.74, 6) is -0.301. The molecular formula is C20H18N6O. The Bertz CT molecular complexity index is 1050. The Morgan fingerprint density at radius 2 is 1.96 bits per heavy atom. The number of carbonyl (C=O) groups is 1. The summed E-state index contributed by atoms with van der Waals surface area (Å²) in [4.78, 5) is 12.5. The minimum absolute atomic E-state index is 0.257. The number of anilines is 1. The number of hydrogen-bond donors (Lipinski definition) is 1. The summed E-state index contributed by atoms with van der Waals surface area (Å²) in [6, 6.07) is 17.4. The van der Waals surface area contributed by atoms with Crippen molar-refractivity contribution in [3.63, 3.8) is 0 Å². The number of carbonyl (C=O) groups excluding carboxylic acids is 1. The van der Waals surface area contributed by atoms with Gasteiger partial charge in [-0.1, -0.05) is 35.0 Å². The van der Waals surface area contributed by atoms with Crippen molar-refractivity contribution >= 4 is 11.6 Å². The minimum atomic E-state index is -0.301. The third-order valence-electron chi connectivity index (χ3n) is 4.11. The maximum absolute atomic E-state index is 12.5. The van der Waals surface area contributed by atoms with Crippen molar-refractivity contribution < 1.29 is 4.79 Å². The highest BCUT2D eigenvalue weighted by molar-refractivity contribution is 6.02. The molecule has 4 aromatic rings. The molecule has 2 aromatic heterocycles. The van der Waals surface area contributed by atoms with Crippen molar-refractivity contribution in [3.05, 3.63) is 90.0 Å². The second kappa shape index (κ2) is 7.25. The summed E-state index contributed by atoms with van der Waals surface area (Å²) in [7, 11) is 0. The average Bonchev–Trinajstić information content (AvgIpc) is 3.35. The number of aryl methyl sites for hydroxylation is 1. The van der Waals surface area contributed by atoms with Crippen molar-refractivity contribution in [1.82, 2.24) is 24.8 Å². The monoisotopic (exact) mass is 358 g/mol. The smallest absolute Gasteiger partial charge is 0.277 e. The molecule has 0 aliphatic rings. The van der Waals surface area contributed by atoms with Crippen LogP contribution in [0.1, 0.15) is 21.6 Å². The van der Waals surface area contributed by atoms with Gasteiger partial charge < -0.3 is 5.32 Å². The van der Waals surface area contributed by atoms with E-state index in [4.69, 9.17) is 0 Å². The first-order valence-electron chi connectivity index (χ1n) is 8.54. The van der Waals surface area contributed by atoms with Crippen LogP contribution in [0.2, 0.25) is 0 Å². The van der Waals surface area contributed by atoms with E-state index in [1.165, 1.54) is 0 Å². The molecule has 0 bridgehead atoms. The number of benzene rings is 2. The third kappa shape index (κ3) is 3.92. The summed E-state index contributed by atoms with van der Waals surface area (Å²) in [6.07, 6.45) is 5.26. The lowest BCUT2D eigenvalue weighted by Crippen LogP contribution is -2.12. The molecule has 0 unspecified atom stereocenters. The molecule has 0 radical (unpaired) electrons. The van der Waals surface area contributed by atoms with Crippen LogP contribution in [0.25, 0.3) is 5.69 Å². The number of aromatic nitrogens is 5. The van der Waals surface area contributed by atoms with Crippen molar-refractivity contribution in [3.8, 4) is 5.69 Å². The van der Waals surface area contributed by atoms with Gasteiger partial charge in [0.25, 0.3) is 5.91 Å². The maximum Gasteiger partial charge on any atom is 0.277 e. The minimum Gasteiger partial charge on any atom is -0.321 e. The molecule has 134 valence electrons. The van der Waals surface area contributed by atoms with E-state index in [1.54, 1.807) is 17.1 Å². The largest absolute Gasteiger partial charge is 0.321 e. The third-order valence-corrected chi connectivity index (χ3v) is 4.11. The van der Waals surface area contributed by atoms with E-state index in [-0.39, 0.29) is 11.6 Å². The van der Waals surface area contributed by atoms with Gasteiger partial charge >= 0.3 is 0 Å². The Hall–Kier alpha value is -3.74. The lowest BCUT2D eigenvalue weighted by Gasteiger charge is -2.06. The number of hydrogen-bond acceptors (Lipinski definition) is 4. The first kappa shape index (κ1) is 16.7. The Balaban J connectivity index is 1.47. The SMILES string of the molecule is Cc1ccc(-n2cc(C(=O)Nc3cccc(Cn4cccn4)c3)nn2)cc1. The van der Waals surface area contributed by atoms with Gasteiger partial charge in [0.05, 0.1) is 18.4 Å². The molecule has 2 aromatic carbocycles. The van der Waals surface area contributed by atoms with Crippen LogP contribution >= 0.6 is 0 Å². The Morgan fingerprint density at radius 3 is 2.74 bits per heavy atom. The molecule has 0 aliphatic carbocycles. The summed E-state index contributed by atoms with van der Waals surface area (Å²) < 4.78 is 3.41. The van der Waals surface area contributed by atoms with E-state index in [0.29, 0.717) is 12.2 Å². The quantitative estimate of drug-likeness (QED) is 0.595. The zero-order valence-corrected chi connectivity index (χ0v) is 14.8. The van der Waals surface area contributed by atoms with Crippen LogP contribution in [0.3, 0.4) is 0 Å². The van der Waals surface area contributed by atoms with E-state index in [0.717, 1.165) is 16.8 Å². The highest BCUT2D eigenvalue weighted by Gasteiger charge is 2.12. The van der Waals surface area contributed by atoms with Gasteiger partial charge in [0.1, 0.15) is 0 Å². The van der Waals surface area contributed by atoms with Crippen LogP contribution in [0.4, 0.5) is 5.69 Å². The molecule has 1 N–H and O–H groups in total. The van der Waals surface area contributed by atoms with Crippen LogP contribution < -0.4 is 5.32 Å². The highest BCUT2D eigenvalue weighted by Crippen LogP contribution is 2.14. The van der Waals surface area contributed by atoms with Gasteiger partial charge in [0.15, 0.2) is 5.69 Å². The van der Waals surface area contributed by atoms with Gasteiger partial charge in [0.2, 0.25) is 0 Å². The zero-order chi connectivity index (χ0) is 18.6. The Labute approximate surface area is 156 Å². The summed E-state index contributed by atoms with van der Waals surface area (Å²) >= 11 is 0. The zero-order valence-electron chi connectivity index (χ0n) is 14.8. The van der Waals surface area contributed by atoms with Gasteiger partial charge in [-0.3, -0.25) is 9.48 Å². The van der Waals surface area contributed by atoms with Gasteiger partial charge in [-0.05, 0) is 42.8 Å². The Kier molecular flexibility index (Phi) is 4.49. The molecule has 7 heteroatoms. The number of amides is 1. The van der Waals surface area contributed by atoms with E-state index >= 15 is 0 Å². The molecule has 0 fully saturated rings. The van der Waals surface area contributed by atoms with Crippen molar-refractivity contribution in [2.75, 3.05) is 5.32 Å². The molecule has 0 atom stereocenters. The number of nitrogens with zero attached hydrogens (tertiary/aromatic N) is 5. The molecule has 0 saturated heterocycles. The lowest BCUT2D eigenvalue weighted by molar-refractivity contribution is 0.102. The van der Waals surface area contributed by atoms with Crippen LogP contribution in [-0.2, 0) is 6.54 Å². The van der Waals surface area contributed by atoms with Gasteiger partial charge in [-0.15, -0.1) is 5.10 Å². The van der Waals surface area contributed by atoms with Crippen LogP contribution in [0, 0.1) is 6.92 Å². The topological polar surface area (TPSA) is 77.6 Å². The molecule has 0 saturated carbocycles. The fourth-order valence-corrected chi connectivity index (χ4v) is 2.72. The fourth-order valence-electron chi connectivity index (χ4n) is 2.72. The molecular weight excluding hydrogens is 340 g/mol. The van der Waals surface area contributed by atoms with Gasteiger partial charge in [-0.25, -0.2) is 4.68 Å². The lowest BCUT2D eigenvalue weighted by atomic mass is 10.2. The average molecular weight is 358 g/mol. The van der Waals surface area contributed by atoms with Crippen molar-refractivity contribution in [1.29, 1.82) is 0 Å². The molecule has 2 heterocycles. The first-order valence-corrected chi connectivity index (χ1v) is 8.54. The van der Waals surface area contributed by atoms with Crippen molar-refractivity contribution in [2.24, 2.45) is 0 Å². The van der Waals surface area contributed by atoms with E-state index in [9.17, 15) is 4.79 Å². The van der Waals surface area contributed by atoms with Gasteiger partial charge in [-0.2, -0.15) is 5.10 Å². The maximum atomic E-state index is 12.5. The predicted octanol–water partition coefficient (Wildman–Crippen LogP) is 3.07. The normalized spacial score (nSPS) is 10.7. The summed E-state index contributed by atoms with van der Waals surface area (Å²) in [5, 5.41) is 15.1. The van der Waals surface area contributed by atoms with E-state index < -0.39 is 0 Å². The Morgan fingerprint density at radius 1 is 1.11 bits per heavy atom. The summed E-state index contributed by atoms with van der Waals surface area (Å²) in [5.41, 5.74) is 4.02. The number of nitrogens with one attached hydrogen (secondary N) is 1. The van der Waals surface area contributed by atoms with Crippen molar-refractivity contribution in [2.45, 2.75) is 13.5 Å². The molecule has 0 spiro atoms. The van der Waals surface area contributed by atoms with E-state index in [1.807, 2.05) is 72.4 Å². The first-order chi connectivity index (χ1) is 13.2. The van der Waals surface area contributed by atoms with Crippen LogP contribution in [0.15, 0.2) is 73.2 Å².